The number of hydrogen-bond donors (Lipinski definition) is 0. The second-order valence-corrected chi connectivity index (χ2v) is 3.58. The number of pyridine rings is 1. The van der Waals surface area contributed by atoms with E-state index in [1.807, 2.05) is 6.07 Å². The van der Waals surface area contributed by atoms with E-state index in [9.17, 15) is 4.39 Å². The highest BCUT2D eigenvalue weighted by Gasteiger charge is 2.10. The third-order valence-electron chi connectivity index (χ3n) is 1.91. The van der Waals surface area contributed by atoms with Crippen molar-refractivity contribution >= 4 is 26.8 Å². The molecule has 0 amide bonds. The lowest BCUT2D eigenvalue weighted by molar-refractivity contribution is 0.625. The summed E-state index contributed by atoms with van der Waals surface area (Å²) in [6.07, 6.45) is 1.54. The molecule has 4 heteroatoms. The zero-order valence-corrected chi connectivity index (χ0v) is 8.55. The van der Waals surface area contributed by atoms with Gasteiger partial charge in [0.05, 0.1) is 5.52 Å². The molecule has 14 heavy (non-hydrogen) atoms. The fourth-order valence-corrected chi connectivity index (χ4v) is 1.80. The molecule has 68 valence electrons. The molecule has 0 N–H and O–H groups in total. The van der Waals surface area contributed by atoms with Crippen LogP contribution in [0.15, 0.2) is 28.9 Å². The van der Waals surface area contributed by atoms with Gasteiger partial charge < -0.3 is 0 Å². The van der Waals surface area contributed by atoms with Crippen molar-refractivity contribution in [2.24, 2.45) is 0 Å². The van der Waals surface area contributed by atoms with E-state index in [2.05, 4.69) is 20.9 Å². The van der Waals surface area contributed by atoms with Crippen LogP contribution in [0.25, 0.3) is 10.9 Å². The Morgan fingerprint density at radius 2 is 2.29 bits per heavy atom. The summed E-state index contributed by atoms with van der Waals surface area (Å²) in [4.78, 5) is 3.98. The van der Waals surface area contributed by atoms with Gasteiger partial charge in [0.15, 0.2) is 0 Å². The van der Waals surface area contributed by atoms with Gasteiger partial charge in [-0.2, -0.15) is 5.26 Å². The molecule has 0 fully saturated rings. The van der Waals surface area contributed by atoms with Gasteiger partial charge >= 0.3 is 0 Å². The van der Waals surface area contributed by atoms with E-state index in [1.54, 1.807) is 12.1 Å². The Hall–Kier alpha value is -1.47. The van der Waals surface area contributed by atoms with E-state index in [1.165, 1.54) is 12.3 Å². The van der Waals surface area contributed by atoms with Crippen molar-refractivity contribution in [3.63, 3.8) is 0 Å². The summed E-state index contributed by atoms with van der Waals surface area (Å²) in [6.45, 7) is 0. The van der Waals surface area contributed by atoms with E-state index in [0.717, 1.165) is 5.39 Å². The predicted molar refractivity (Wildman–Crippen MR) is 54.1 cm³/mol. The Morgan fingerprint density at radius 3 is 3.00 bits per heavy atom. The summed E-state index contributed by atoms with van der Waals surface area (Å²) in [5.41, 5.74) is 0.380. The number of nitriles is 1. The van der Waals surface area contributed by atoms with Crippen molar-refractivity contribution in [3.8, 4) is 6.07 Å². The SMILES string of the molecule is N#Cc1c(F)cc(Br)c2cccnc12. The molecule has 0 radical (unpaired) electrons. The Morgan fingerprint density at radius 1 is 1.50 bits per heavy atom. The fraction of sp³-hybridized carbons (Fsp3) is 0. The maximum atomic E-state index is 13.3. The topological polar surface area (TPSA) is 36.7 Å². The third-order valence-corrected chi connectivity index (χ3v) is 2.56. The van der Waals surface area contributed by atoms with Gasteiger partial charge in [-0.15, -0.1) is 0 Å². The number of hydrogen-bond acceptors (Lipinski definition) is 2. The molecule has 0 saturated heterocycles. The molecule has 0 unspecified atom stereocenters. The van der Waals surface area contributed by atoms with Crippen molar-refractivity contribution in [3.05, 3.63) is 40.2 Å². The number of halogens is 2. The minimum absolute atomic E-state index is 0.0104. The van der Waals surface area contributed by atoms with E-state index >= 15 is 0 Å². The maximum absolute atomic E-state index is 13.3. The molecular formula is C10H4BrFN2. The summed E-state index contributed by atoms with van der Waals surface area (Å²) < 4.78 is 13.9. The third kappa shape index (κ3) is 1.26. The molecule has 2 aromatic rings. The van der Waals surface area contributed by atoms with E-state index in [0.29, 0.717) is 9.99 Å². The normalized spacial score (nSPS) is 10.1. The molecule has 0 aliphatic heterocycles. The Bertz CT molecular complexity index is 546. The van der Waals surface area contributed by atoms with Crippen LogP contribution < -0.4 is 0 Å². The van der Waals surface area contributed by atoms with Crippen molar-refractivity contribution in [1.82, 2.24) is 4.98 Å². The van der Waals surface area contributed by atoms with Crippen LogP contribution in [-0.2, 0) is 0 Å². The molecule has 1 heterocycles. The lowest BCUT2D eigenvalue weighted by Gasteiger charge is -2.02. The number of nitrogens with zero attached hydrogens (tertiary/aromatic N) is 2. The number of aromatic nitrogens is 1. The molecule has 2 nitrogen and oxygen atoms in total. The number of fused-ring (bicyclic) bond motifs is 1. The van der Waals surface area contributed by atoms with Crippen LogP contribution in [0.3, 0.4) is 0 Å². The highest BCUT2D eigenvalue weighted by atomic mass is 79.9. The van der Waals surface area contributed by atoms with Gasteiger partial charge in [-0.1, -0.05) is 6.07 Å². The van der Waals surface area contributed by atoms with Gasteiger partial charge in [-0.25, -0.2) is 4.39 Å². The van der Waals surface area contributed by atoms with Crippen LogP contribution >= 0.6 is 15.9 Å². The molecule has 1 aromatic heterocycles. The molecule has 0 aliphatic carbocycles. The second kappa shape index (κ2) is 3.35. The highest BCUT2D eigenvalue weighted by Crippen LogP contribution is 2.26. The van der Waals surface area contributed by atoms with Crippen molar-refractivity contribution in [2.45, 2.75) is 0 Å². The molecule has 1 aromatic carbocycles. The van der Waals surface area contributed by atoms with E-state index < -0.39 is 5.82 Å². The van der Waals surface area contributed by atoms with Crippen LogP contribution in [0.5, 0.6) is 0 Å². The van der Waals surface area contributed by atoms with Gasteiger partial charge in [0.2, 0.25) is 0 Å². The first kappa shape index (κ1) is 9.10. The Labute approximate surface area is 88.1 Å². The number of benzene rings is 1. The molecule has 0 saturated carbocycles. The van der Waals surface area contributed by atoms with E-state index in [-0.39, 0.29) is 5.56 Å². The summed E-state index contributed by atoms with van der Waals surface area (Å²) in [5.74, 6) is -0.550. The van der Waals surface area contributed by atoms with Gasteiger partial charge in [0.25, 0.3) is 0 Å². The minimum Gasteiger partial charge on any atom is -0.255 e. The van der Waals surface area contributed by atoms with E-state index in [4.69, 9.17) is 5.26 Å². The molecular weight excluding hydrogens is 247 g/mol. The summed E-state index contributed by atoms with van der Waals surface area (Å²) in [5, 5.41) is 9.50. The van der Waals surface area contributed by atoms with Gasteiger partial charge in [-0.3, -0.25) is 4.98 Å². The van der Waals surface area contributed by atoms with Crippen molar-refractivity contribution in [2.75, 3.05) is 0 Å². The van der Waals surface area contributed by atoms with Gasteiger partial charge in [0, 0.05) is 16.1 Å². The van der Waals surface area contributed by atoms with Crippen LogP contribution in [0.4, 0.5) is 4.39 Å². The first-order valence-electron chi connectivity index (χ1n) is 3.87. The summed E-state index contributed by atoms with van der Waals surface area (Å²) in [7, 11) is 0. The molecule has 0 aliphatic rings. The summed E-state index contributed by atoms with van der Waals surface area (Å²) in [6, 6.07) is 6.61. The second-order valence-electron chi connectivity index (χ2n) is 2.73. The van der Waals surface area contributed by atoms with Crippen molar-refractivity contribution in [1.29, 1.82) is 5.26 Å². The van der Waals surface area contributed by atoms with Crippen molar-refractivity contribution < 1.29 is 4.39 Å². The predicted octanol–water partition coefficient (Wildman–Crippen LogP) is 3.01. The Kier molecular flexibility index (Phi) is 2.18. The average Bonchev–Trinajstić information content (AvgIpc) is 2.18. The molecule has 0 spiro atoms. The minimum atomic E-state index is -0.550. The standard InChI is InChI=1S/C10H4BrFN2/c11-8-4-9(12)7(5-13)10-6(8)2-1-3-14-10/h1-4H. The lowest BCUT2D eigenvalue weighted by Crippen LogP contribution is -1.89. The Balaban J connectivity index is 3.00. The van der Waals surface area contributed by atoms with Gasteiger partial charge in [0.1, 0.15) is 17.4 Å². The largest absolute Gasteiger partial charge is 0.255 e. The van der Waals surface area contributed by atoms with Crippen LogP contribution in [0.1, 0.15) is 5.56 Å². The van der Waals surface area contributed by atoms with Crippen LogP contribution in [0, 0.1) is 17.1 Å². The molecule has 0 atom stereocenters. The molecule has 0 bridgehead atoms. The summed E-state index contributed by atoms with van der Waals surface area (Å²) >= 11 is 3.22. The first-order chi connectivity index (χ1) is 6.74. The zero-order chi connectivity index (χ0) is 10.1. The van der Waals surface area contributed by atoms with Crippen LogP contribution in [-0.4, -0.2) is 4.98 Å². The smallest absolute Gasteiger partial charge is 0.144 e. The van der Waals surface area contributed by atoms with Crippen LogP contribution in [0.2, 0.25) is 0 Å². The maximum Gasteiger partial charge on any atom is 0.144 e. The molecule has 2 rings (SSSR count). The first-order valence-corrected chi connectivity index (χ1v) is 4.66. The quantitative estimate of drug-likeness (QED) is 0.721. The monoisotopic (exact) mass is 250 g/mol. The highest BCUT2D eigenvalue weighted by molar-refractivity contribution is 9.10. The average molecular weight is 251 g/mol. The zero-order valence-electron chi connectivity index (χ0n) is 6.96. The van der Waals surface area contributed by atoms with Gasteiger partial charge in [-0.05, 0) is 28.1 Å². The number of rotatable bonds is 0. The fourth-order valence-electron chi connectivity index (χ4n) is 1.28. The lowest BCUT2D eigenvalue weighted by atomic mass is 10.1.